The topological polar surface area (TPSA) is 299 Å². The maximum atomic E-state index is 12.6. The predicted molar refractivity (Wildman–Crippen MR) is 304 cm³/mol. The summed E-state index contributed by atoms with van der Waals surface area (Å²) in [6.07, 6.45) is -1.54. The molecule has 0 atom stereocenters. The molecule has 0 fully saturated rings. The quantitative estimate of drug-likeness (QED) is 0.0721. The minimum atomic E-state index is -0.886. The van der Waals surface area contributed by atoms with Crippen molar-refractivity contribution in [3.63, 3.8) is 0 Å². The number of hydrogen-bond acceptors (Lipinski definition) is 16. The fourth-order valence-electron chi connectivity index (χ4n) is 6.19. The molecule has 8 N–H and O–H groups in total. The Bertz CT molecular complexity index is 2860. The highest BCUT2D eigenvalue weighted by atomic mass is 16.6. The molecule has 0 aliphatic heterocycles. The zero-order valence-electron chi connectivity index (χ0n) is 49.1. The molecule has 420 valence electrons. The van der Waals surface area contributed by atoms with Crippen molar-refractivity contribution in [3.05, 3.63) is 121 Å². The molecule has 0 unspecified atom stereocenters. The van der Waals surface area contributed by atoms with Gasteiger partial charge in [0, 0.05) is 41.1 Å². The Kier molecular flexibility index (Phi) is 26.6. The SMILES string of the molecule is C/C(N)=C/C#N.Cc1cc(NC(=O)OC(C)(C)C)nc(C)c1CN.[C-]#[N+]c1c(C)cc(N(C(=O)OC(C)(C)C)C(=O)OC(C)(C)C)nc1C.[C-]#[N+]c1c(C)cc(N)nc1C.[C-]#[N+]c1c(C)cc(NC(=O)OC(C)(C)C)nc1C. The van der Waals surface area contributed by atoms with Crippen LogP contribution in [0, 0.1) is 86.4 Å². The molecule has 4 aromatic rings. The van der Waals surface area contributed by atoms with Crippen LogP contribution in [0.4, 0.5) is 59.5 Å². The third-order valence-corrected chi connectivity index (χ3v) is 9.10. The molecule has 0 aliphatic carbocycles. The van der Waals surface area contributed by atoms with Crippen LogP contribution in [0.5, 0.6) is 0 Å². The highest BCUT2D eigenvalue weighted by Crippen LogP contribution is 2.29. The summed E-state index contributed by atoms with van der Waals surface area (Å²) < 4.78 is 20.9. The summed E-state index contributed by atoms with van der Waals surface area (Å²) in [6.45, 7) is 58.5. The van der Waals surface area contributed by atoms with E-state index in [0.717, 1.165) is 32.8 Å². The van der Waals surface area contributed by atoms with Crippen LogP contribution in [0.2, 0.25) is 0 Å². The number of hydrogen-bond donors (Lipinski definition) is 5. The lowest BCUT2D eigenvalue weighted by Crippen LogP contribution is -2.44. The minimum absolute atomic E-state index is 0.0610. The van der Waals surface area contributed by atoms with Crippen LogP contribution in [0.1, 0.15) is 141 Å². The van der Waals surface area contributed by atoms with Gasteiger partial charge < -0.3 is 36.1 Å². The fourth-order valence-corrected chi connectivity index (χ4v) is 6.19. The molecule has 22 nitrogen and oxygen atoms in total. The number of nitrogen functional groups attached to an aromatic ring is 1. The van der Waals surface area contributed by atoms with Crippen LogP contribution in [0.3, 0.4) is 0 Å². The van der Waals surface area contributed by atoms with Gasteiger partial charge >= 0.3 is 24.4 Å². The van der Waals surface area contributed by atoms with E-state index < -0.39 is 46.8 Å². The Labute approximate surface area is 460 Å². The monoisotopic (exact) mass is 1070 g/mol. The molecule has 4 heterocycles. The number of aromatic nitrogens is 4. The molecule has 0 aliphatic rings. The van der Waals surface area contributed by atoms with Gasteiger partial charge in [-0.2, -0.15) is 10.2 Å². The van der Waals surface area contributed by atoms with Gasteiger partial charge in [0.1, 0.15) is 45.7 Å². The average Bonchev–Trinajstić information content (AvgIpc) is 3.21. The van der Waals surface area contributed by atoms with E-state index in [0.29, 0.717) is 69.4 Å². The van der Waals surface area contributed by atoms with Crippen molar-refractivity contribution in [1.29, 1.82) is 5.26 Å². The van der Waals surface area contributed by atoms with Crippen LogP contribution < -0.4 is 32.7 Å². The van der Waals surface area contributed by atoms with E-state index in [1.165, 1.54) is 12.1 Å². The molecule has 4 amide bonds. The van der Waals surface area contributed by atoms with Gasteiger partial charge in [-0.3, -0.25) is 10.6 Å². The first kappa shape index (κ1) is 69.1. The van der Waals surface area contributed by atoms with E-state index in [4.69, 9.17) is 61.1 Å². The zero-order chi connectivity index (χ0) is 60.8. The first-order valence-electron chi connectivity index (χ1n) is 24.2. The molecule has 0 aromatic carbocycles. The Morgan fingerprint density at radius 1 is 0.590 bits per heavy atom. The Morgan fingerprint density at radius 3 is 1.23 bits per heavy atom. The van der Waals surface area contributed by atoms with Gasteiger partial charge in [-0.15, -0.1) is 0 Å². The lowest BCUT2D eigenvalue weighted by atomic mass is 10.1. The third kappa shape index (κ3) is 26.1. The van der Waals surface area contributed by atoms with Crippen LogP contribution in [0.25, 0.3) is 14.5 Å². The summed E-state index contributed by atoms with van der Waals surface area (Å²) in [5, 5.41) is 13.0. The lowest BCUT2D eigenvalue weighted by molar-refractivity contribution is 0.0426. The average molecular weight is 1080 g/mol. The predicted octanol–water partition coefficient (Wildman–Crippen LogP) is 13.2. The third-order valence-electron chi connectivity index (χ3n) is 9.10. The van der Waals surface area contributed by atoms with Crippen LogP contribution in [0.15, 0.2) is 36.0 Å². The number of allylic oxidation sites excluding steroid dienone is 2. The molecule has 0 bridgehead atoms. The van der Waals surface area contributed by atoms with Crippen molar-refractivity contribution in [2.45, 2.75) is 174 Å². The number of ether oxygens (including phenoxy) is 4. The normalized spacial score (nSPS) is 10.8. The van der Waals surface area contributed by atoms with Gasteiger partial charge in [0.05, 0.1) is 25.8 Å². The number of carbonyl (C=O) groups is 4. The Morgan fingerprint density at radius 2 is 0.936 bits per heavy atom. The van der Waals surface area contributed by atoms with Crippen molar-refractivity contribution in [1.82, 2.24) is 19.9 Å². The Hall–Kier alpha value is -8.86. The van der Waals surface area contributed by atoms with Crippen molar-refractivity contribution in [3.8, 4) is 6.07 Å². The smallest absolute Gasteiger partial charge is 0.425 e. The van der Waals surface area contributed by atoms with Crippen molar-refractivity contribution >= 4 is 64.7 Å². The van der Waals surface area contributed by atoms with E-state index >= 15 is 0 Å². The molecular formula is C56H78N14O8. The van der Waals surface area contributed by atoms with Gasteiger partial charge in [0.2, 0.25) is 17.1 Å². The number of anilines is 4. The number of rotatable bonds is 4. The lowest BCUT2D eigenvalue weighted by Gasteiger charge is -2.28. The number of aryl methyl sites for hydroxylation is 8. The summed E-state index contributed by atoms with van der Waals surface area (Å²) in [4.78, 5) is 75.8. The molecule has 22 heteroatoms. The van der Waals surface area contributed by atoms with E-state index in [9.17, 15) is 19.2 Å². The zero-order valence-corrected chi connectivity index (χ0v) is 49.1. The first-order valence-corrected chi connectivity index (χ1v) is 24.2. The van der Waals surface area contributed by atoms with Gasteiger partial charge in [0.15, 0.2) is 0 Å². The molecule has 0 saturated heterocycles. The number of nitrogens with zero attached hydrogens (tertiary/aromatic N) is 9. The second-order valence-corrected chi connectivity index (χ2v) is 21.3. The van der Waals surface area contributed by atoms with E-state index in [1.807, 2.05) is 48.5 Å². The van der Waals surface area contributed by atoms with E-state index in [1.54, 1.807) is 121 Å². The highest BCUT2D eigenvalue weighted by molar-refractivity contribution is 6.09. The number of pyridine rings is 4. The van der Waals surface area contributed by atoms with E-state index in [2.05, 4.69) is 45.1 Å². The molecule has 0 radical (unpaired) electrons. The molecule has 78 heavy (non-hydrogen) atoms. The molecule has 4 aromatic heterocycles. The second kappa shape index (κ2) is 30.0. The van der Waals surface area contributed by atoms with E-state index in [-0.39, 0.29) is 5.82 Å². The summed E-state index contributed by atoms with van der Waals surface area (Å²) in [5.41, 5.74) is 22.4. The fraction of sp³-hybridized carbons (Fsp3) is 0.464. The van der Waals surface area contributed by atoms with Crippen LogP contribution in [-0.2, 0) is 25.5 Å². The molecular weight excluding hydrogens is 997 g/mol. The number of imide groups is 1. The standard InChI is InChI=1S/C18H25N3O4.C13H17N3O2.C13H21N3O2.C8H9N3.C4H6N2/c1-11-10-13(20-12(2)14(11)19-9)21(15(22)24-17(3,4)5)16(23)25-18(6,7)8;1-8-7-10(15-9(2)11(8)14-6)16-12(17)18-13(3,4)5;1-8-6-11(15-9(2)10(8)7-14)16-12(17)18-13(3,4)5;1-5-4-7(9)11-6(2)8(5)10-3;1-4(6)2-3-5/h10H,1-8H3;7H,1-5H3,(H,15,16,17);6H,7,14H2,1-5H3,(H,15,16,17);4H,1-2H3,(H2,9,11);2H,6H2,1H3/b;;;;4-2-. The molecule has 0 spiro atoms. The van der Waals surface area contributed by atoms with Gasteiger partial charge in [-0.05, 0) is 197 Å². The largest absolute Gasteiger partial charge is 0.444 e. The number of nitriles is 1. The highest BCUT2D eigenvalue weighted by Gasteiger charge is 2.34. The number of nitrogens with one attached hydrogen (secondary N) is 2. The summed E-state index contributed by atoms with van der Waals surface area (Å²) >= 11 is 0. The number of carbonyl (C=O) groups excluding carboxylic acids is 4. The van der Waals surface area contributed by atoms with Gasteiger partial charge in [0.25, 0.3) is 0 Å². The Balaban J connectivity index is 0.00000101. The molecule has 4 rings (SSSR count). The first-order chi connectivity index (χ1) is 35.6. The van der Waals surface area contributed by atoms with Crippen molar-refractivity contribution in [2.75, 3.05) is 21.3 Å². The summed E-state index contributed by atoms with van der Waals surface area (Å²) in [7, 11) is 0. The maximum Gasteiger partial charge on any atom is 0.425 e. The van der Waals surface area contributed by atoms with Crippen molar-refractivity contribution < 1.29 is 38.1 Å². The minimum Gasteiger partial charge on any atom is -0.444 e. The van der Waals surface area contributed by atoms with Crippen LogP contribution >= 0.6 is 0 Å². The maximum absolute atomic E-state index is 12.6. The second-order valence-electron chi connectivity index (χ2n) is 21.3. The number of nitrogens with two attached hydrogens (primary N) is 3. The van der Waals surface area contributed by atoms with Gasteiger partial charge in [-0.25, -0.2) is 53.6 Å². The van der Waals surface area contributed by atoms with Gasteiger partial charge in [-0.1, -0.05) is 0 Å². The molecule has 0 saturated carbocycles. The number of amides is 4. The summed E-state index contributed by atoms with van der Waals surface area (Å²) in [5.74, 6) is 1.42. The van der Waals surface area contributed by atoms with Crippen molar-refractivity contribution in [2.24, 2.45) is 11.5 Å². The van der Waals surface area contributed by atoms with Crippen LogP contribution in [-0.4, -0.2) is 66.7 Å². The summed E-state index contributed by atoms with van der Waals surface area (Å²) in [6, 6.07) is 8.43.